The number of fused-ring (bicyclic) bond motifs is 1. The summed E-state index contributed by atoms with van der Waals surface area (Å²) in [5.74, 6) is 0.631. The van der Waals surface area contributed by atoms with Crippen LogP contribution in [0.2, 0.25) is 0 Å². The van der Waals surface area contributed by atoms with Crippen molar-refractivity contribution < 1.29 is 8.42 Å². The summed E-state index contributed by atoms with van der Waals surface area (Å²) in [5, 5.41) is 8.57. The van der Waals surface area contributed by atoms with Gasteiger partial charge in [-0.1, -0.05) is 30.3 Å². The highest BCUT2D eigenvalue weighted by Crippen LogP contribution is 2.26. The predicted octanol–water partition coefficient (Wildman–Crippen LogP) is 2.90. The third-order valence-corrected chi connectivity index (χ3v) is 6.07. The van der Waals surface area contributed by atoms with E-state index in [-0.39, 0.29) is 10.9 Å². The van der Waals surface area contributed by atoms with Crippen LogP contribution in [0.25, 0.3) is 16.7 Å². The summed E-state index contributed by atoms with van der Waals surface area (Å²) in [4.78, 5) is 8.96. The topological polar surface area (TPSA) is 102 Å². The number of nitrogens with one attached hydrogen (secondary N) is 2. The van der Waals surface area contributed by atoms with Gasteiger partial charge in [-0.25, -0.2) is 27.8 Å². The normalized spacial score (nSPS) is 12.8. The first-order chi connectivity index (χ1) is 14.0. The zero-order valence-corrected chi connectivity index (χ0v) is 16.8. The van der Waals surface area contributed by atoms with Crippen LogP contribution < -0.4 is 10.0 Å². The highest BCUT2D eigenvalue weighted by molar-refractivity contribution is 7.89. The SMILES string of the molecule is CNS(=O)(=O)c1cccc(C(C)Nc2ncnc3c2cnn3-c2ccccc2)c1. The molecule has 1 atom stereocenters. The first-order valence-electron chi connectivity index (χ1n) is 9.04. The molecule has 2 heterocycles. The fourth-order valence-corrected chi connectivity index (χ4v) is 3.86. The molecule has 2 aromatic heterocycles. The molecule has 0 aliphatic heterocycles. The highest BCUT2D eigenvalue weighted by Gasteiger charge is 2.16. The molecule has 0 saturated carbocycles. The number of benzene rings is 2. The van der Waals surface area contributed by atoms with Crippen molar-refractivity contribution in [3.05, 3.63) is 72.7 Å². The van der Waals surface area contributed by atoms with E-state index in [9.17, 15) is 8.42 Å². The average molecular weight is 408 g/mol. The van der Waals surface area contributed by atoms with E-state index in [1.807, 2.05) is 43.3 Å². The third kappa shape index (κ3) is 3.69. The lowest BCUT2D eigenvalue weighted by Gasteiger charge is -2.16. The van der Waals surface area contributed by atoms with E-state index in [2.05, 4.69) is 25.1 Å². The van der Waals surface area contributed by atoms with Gasteiger partial charge >= 0.3 is 0 Å². The van der Waals surface area contributed by atoms with Gasteiger partial charge in [-0.15, -0.1) is 0 Å². The van der Waals surface area contributed by atoms with E-state index >= 15 is 0 Å². The number of nitrogens with zero attached hydrogens (tertiary/aromatic N) is 4. The van der Waals surface area contributed by atoms with Gasteiger partial charge in [-0.05, 0) is 43.8 Å². The summed E-state index contributed by atoms with van der Waals surface area (Å²) in [5.41, 5.74) is 2.42. The fourth-order valence-electron chi connectivity index (χ4n) is 3.07. The van der Waals surface area contributed by atoms with E-state index < -0.39 is 10.0 Å². The number of rotatable bonds is 6. The summed E-state index contributed by atoms with van der Waals surface area (Å²) in [6.45, 7) is 1.95. The number of hydrogen-bond donors (Lipinski definition) is 2. The largest absolute Gasteiger partial charge is 0.363 e. The standard InChI is InChI=1S/C20H20N6O2S/c1-14(15-7-6-10-17(11-15)29(27,28)21-2)25-19-18-12-24-26(20(18)23-13-22-19)16-8-4-3-5-9-16/h3-14,21H,1-2H3,(H,22,23,25). The van der Waals surface area contributed by atoms with Crippen LogP contribution in [0.1, 0.15) is 18.5 Å². The first-order valence-corrected chi connectivity index (χ1v) is 10.5. The molecule has 0 fully saturated rings. The molecule has 1 unspecified atom stereocenters. The van der Waals surface area contributed by atoms with Gasteiger partial charge in [-0.3, -0.25) is 0 Å². The van der Waals surface area contributed by atoms with E-state index in [4.69, 9.17) is 0 Å². The number of sulfonamides is 1. The number of aromatic nitrogens is 4. The van der Waals surface area contributed by atoms with Crippen LogP contribution in [0.5, 0.6) is 0 Å². The van der Waals surface area contributed by atoms with Crippen LogP contribution in [0.3, 0.4) is 0 Å². The highest BCUT2D eigenvalue weighted by atomic mass is 32.2. The second kappa shape index (κ2) is 7.61. The van der Waals surface area contributed by atoms with Gasteiger partial charge in [0.2, 0.25) is 10.0 Å². The Morgan fingerprint density at radius 2 is 1.83 bits per heavy atom. The molecule has 2 N–H and O–H groups in total. The summed E-state index contributed by atoms with van der Waals surface area (Å²) in [6, 6.07) is 16.4. The van der Waals surface area contributed by atoms with Gasteiger partial charge in [0.05, 0.1) is 28.2 Å². The molecule has 0 radical (unpaired) electrons. The Hall–Kier alpha value is -3.30. The van der Waals surface area contributed by atoms with Crippen molar-refractivity contribution in [2.75, 3.05) is 12.4 Å². The second-order valence-corrected chi connectivity index (χ2v) is 8.38. The molecule has 9 heteroatoms. The molecular weight excluding hydrogens is 388 g/mol. The van der Waals surface area contributed by atoms with Crippen molar-refractivity contribution in [2.45, 2.75) is 17.9 Å². The van der Waals surface area contributed by atoms with E-state index in [1.54, 1.807) is 29.1 Å². The van der Waals surface area contributed by atoms with E-state index in [1.165, 1.54) is 13.4 Å². The molecule has 0 spiro atoms. The smallest absolute Gasteiger partial charge is 0.240 e. The number of hydrogen-bond acceptors (Lipinski definition) is 6. The minimum absolute atomic E-state index is 0.180. The van der Waals surface area contributed by atoms with Gasteiger partial charge in [0.25, 0.3) is 0 Å². The summed E-state index contributed by atoms with van der Waals surface area (Å²) in [7, 11) is -2.11. The Balaban J connectivity index is 1.67. The van der Waals surface area contributed by atoms with Gasteiger partial charge in [0.1, 0.15) is 12.1 Å². The quantitative estimate of drug-likeness (QED) is 0.509. The van der Waals surface area contributed by atoms with Crippen LogP contribution in [0, 0.1) is 0 Å². The monoisotopic (exact) mass is 408 g/mol. The molecule has 29 heavy (non-hydrogen) atoms. The van der Waals surface area contributed by atoms with Crippen LogP contribution in [0.4, 0.5) is 5.82 Å². The summed E-state index contributed by atoms with van der Waals surface area (Å²) >= 11 is 0. The maximum atomic E-state index is 12.1. The third-order valence-electron chi connectivity index (χ3n) is 4.66. The van der Waals surface area contributed by atoms with Crippen molar-refractivity contribution >= 4 is 26.9 Å². The zero-order valence-electron chi connectivity index (χ0n) is 15.9. The first kappa shape index (κ1) is 19.0. The minimum Gasteiger partial charge on any atom is -0.363 e. The van der Waals surface area contributed by atoms with Gasteiger partial charge in [0, 0.05) is 0 Å². The Kier molecular flexibility index (Phi) is 4.99. The Morgan fingerprint density at radius 1 is 1.03 bits per heavy atom. The van der Waals surface area contributed by atoms with Gasteiger partial charge in [0.15, 0.2) is 5.65 Å². The number of anilines is 1. The van der Waals surface area contributed by atoms with Crippen molar-refractivity contribution in [1.82, 2.24) is 24.5 Å². The Bertz CT molecular complexity index is 1250. The molecule has 4 aromatic rings. The van der Waals surface area contributed by atoms with Crippen molar-refractivity contribution in [1.29, 1.82) is 0 Å². The van der Waals surface area contributed by atoms with Crippen LogP contribution >= 0.6 is 0 Å². The predicted molar refractivity (Wildman–Crippen MR) is 111 cm³/mol. The lowest BCUT2D eigenvalue weighted by molar-refractivity contribution is 0.588. The summed E-state index contributed by atoms with van der Waals surface area (Å²) in [6.07, 6.45) is 3.21. The van der Waals surface area contributed by atoms with Crippen molar-refractivity contribution in [2.24, 2.45) is 0 Å². The van der Waals surface area contributed by atoms with Crippen molar-refractivity contribution in [3.8, 4) is 5.69 Å². The minimum atomic E-state index is -3.51. The molecule has 0 bridgehead atoms. The van der Waals surface area contributed by atoms with E-state index in [0.717, 1.165) is 16.6 Å². The molecular formula is C20H20N6O2S. The van der Waals surface area contributed by atoms with Gasteiger partial charge < -0.3 is 5.32 Å². The number of para-hydroxylation sites is 1. The average Bonchev–Trinajstić information content (AvgIpc) is 3.19. The lowest BCUT2D eigenvalue weighted by atomic mass is 10.1. The van der Waals surface area contributed by atoms with Crippen LogP contribution in [-0.2, 0) is 10.0 Å². The fraction of sp³-hybridized carbons (Fsp3) is 0.150. The lowest BCUT2D eigenvalue weighted by Crippen LogP contribution is -2.19. The second-order valence-electron chi connectivity index (χ2n) is 6.50. The molecule has 4 rings (SSSR count). The van der Waals surface area contributed by atoms with Crippen molar-refractivity contribution in [3.63, 3.8) is 0 Å². The molecule has 148 valence electrons. The molecule has 0 aliphatic carbocycles. The molecule has 0 saturated heterocycles. The maximum Gasteiger partial charge on any atom is 0.240 e. The van der Waals surface area contributed by atoms with Crippen LogP contribution in [-0.4, -0.2) is 35.2 Å². The molecule has 0 aliphatic rings. The molecule has 0 amide bonds. The van der Waals surface area contributed by atoms with Gasteiger partial charge in [-0.2, -0.15) is 5.10 Å². The Labute approximate surface area is 168 Å². The summed E-state index contributed by atoms with van der Waals surface area (Å²) < 4.78 is 28.3. The molecule has 2 aromatic carbocycles. The Morgan fingerprint density at radius 3 is 2.59 bits per heavy atom. The molecule has 8 nitrogen and oxygen atoms in total. The van der Waals surface area contributed by atoms with E-state index in [0.29, 0.717) is 11.5 Å². The van der Waals surface area contributed by atoms with Crippen LogP contribution in [0.15, 0.2) is 72.0 Å². The maximum absolute atomic E-state index is 12.1. The zero-order chi connectivity index (χ0) is 20.4.